The molecule has 3 aromatic rings. The molecule has 5 rings (SSSR count). The Morgan fingerprint density at radius 1 is 1.05 bits per heavy atom. The maximum absolute atomic E-state index is 14.1. The van der Waals surface area contributed by atoms with Crippen LogP contribution in [0, 0.1) is 0 Å². The van der Waals surface area contributed by atoms with Crippen LogP contribution in [0.15, 0.2) is 72.0 Å². The highest BCUT2D eigenvalue weighted by molar-refractivity contribution is 6.13. The van der Waals surface area contributed by atoms with Crippen LogP contribution in [0.2, 0.25) is 0 Å². The number of nitrogens with one attached hydrogen (secondary N) is 3. The third-order valence-electron chi connectivity index (χ3n) is 6.82. The van der Waals surface area contributed by atoms with Crippen LogP contribution < -0.4 is 26.6 Å². The molecule has 0 bridgehead atoms. The van der Waals surface area contributed by atoms with E-state index < -0.39 is 5.79 Å². The summed E-state index contributed by atoms with van der Waals surface area (Å²) in [7, 11) is 2.13. The fraction of sp³-hybridized carbons (Fsp3) is 0.286. The number of benzene rings is 2. The minimum atomic E-state index is -1.62. The second kappa shape index (κ2) is 10.5. The summed E-state index contributed by atoms with van der Waals surface area (Å²) in [6, 6.07) is 16.5. The van der Waals surface area contributed by atoms with Crippen LogP contribution in [0.5, 0.6) is 0 Å². The monoisotopic (exact) mass is 512 g/mol. The normalized spacial score (nSPS) is 19.1. The van der Waals surface area contributed by atoms with Crippen LogP contribution in [-0.4, -0.2) is 66.4 Å². The Hall–Kier alpha value is -4.44. The summed E-state index contributed by atoms with van der Waals surface area (Å²) in [5, 5.41) is 9.36. The fourth-order valence-corrected chi connectivity index (χ4v) is 4.63. The van der Waals surface area contributed by atoms with E-state index in [4.69, 9.17) is 5.73 Å². The number of ketones is 1. The van der Waals surface area contributed by atoms with E-state index in [1.165, 1.54) is 0 Å². The number of rotatable bonds is 7. The number of carbonyl (C=O) groups is 2. The predicted molar refractivity (Wildman–Crippen MR) is 151 cm³/mol. The van der Waals surface area contributed by atoms with Crippen molar-refractivity contribution in [2.45, 2.75) is 19.1 Å². The minimum Gasteiger partial charge on any atom is -0.383 e. The largest absolute Gasteiger partial charge is 0.383 e. The molecule has 2 aliphatic rings. The zero-order valence-electron chi connectivity index (χ0n) is 21.6. The molecule has 38 heavy (non-hydrogen) atoms. The molecule has 0 radical (unpaired) electrons. The lowest BCUT2D eigenvalue weighted by Crippen LogP contribution is -2.55. The smallest absolute Gasteiger partial charge is 0.273 e. The van der Waals surface area contributed by atoms with Crippen LogP contribution in [0.4, 0.5) is 22.7 Å². The van der Waals surface area contributed by atoms with Gasteiger partial charge in [-0.2, -0.15) is 0 Å². The number of aromatic nitrogens is 1. The van der Waals surface area contributed by atoms with Gasteiger partial charge in [0.2, 0.25) is 11.7 Å². The Labute approximate surface area is 221 Å². The standard InChI is InChI=1S/C28H32N8O2/c1-3-25(37)31-21-6-4-5-19(17-21)26(38)28(33-24-18-30-12-11-23(24)27(29)34-28)32-20-7-9-22(10-8-20)36-15-13-35(2)14-16-36/h4-12,17-18,32-33H,3,13-16H2,1-2H3,(H2,29,34)(H,31,37). The van der Waals surface area contributed by atoms with E-state index in [9.17, 15) is 9.59 Å². The zero-order valence-corrected chi connectivity index (χ0v) is 21.6. The first-order valence-electron chi connectivity index (χ1n) is 12.7. The molecule has 1 atom stereocenters. The van der Waals surface area contributed by atoms with Gasteiger partial charge in [0, 0.05) is 67.0 Å². The Morgan fingerprint density at radius 3 is 2.55 bits per heavy atom. The van der Waals surface area contributed by atoms with Crippen LogP contribution in [-0.2, 0) is 4.79 Å². The van der Waals surface area contributed by atoms with Gasteiger partial charge in [-0.15, -0.1) is 0 Å². The summed E-state index contributed by atoms with van der Waals surface area (Å²) in [6.07, 6.45) is 3.58. The second-order valence-electron chi connectivity index (χ2n) is 9.53. The molecule has 0 spiro atoms. The molecule has 1 amide bonds. The van der Waals surface area contributed by atoms with Crippen molar-refractivity contribution >= 4 is 40.3 Å². The highest BCUT2D eigenvalue weighted by atomic mass is 16.1. The van der Waals surface area contributed by atoms with Gasteiger partial charge in [0.15, 0.2) is 0 Å². The predicted octanol–water partition coefficient (Wildman–Crippen LogP) is 2.96. The van der Waals surface area contributed by atoms with Gasteiger partial charge in [-0.05, 0) is 49.5 Å². The molecular weight excluding hydrogens is 480 g/mol. The van der Waals surface area contributed by atoms with Crippen LogP contribution in [0.3, 0.4) is 0 Å². The van der Waals surface area contributed by atoms with Gasteiger partial charge in [0.05, 0.1) is 11.9 Å². The molecule has 0 aliphatic carbocycles. The number of pyridine rings is 1. The molecule has 3 heterocycles. The van der Waals surface area contributed by atoms with E-state index in [2.05, 4.69) is 42.8 Å². The number of aliphatic imine (C=N–C) groups is 1. The van der Waals surface area contributed by atoms with Crippen LogP contribution >= 0.6 is 0 Å². The number of nitrogens with two attached hydrogens (primary N) is 1. The van der Waals surface area contributed by atoms with Crippen molar-refractivity contribution in [3.8, 4) is 0 Å². The number of fused-ring (bicyclic) bond motifs is 1. The Kier molecular flexibility index (Phi) is 6.97. The molecule has 1 fully saturated rings. The summed E-state index contributed by atoms with van der Waals surface area (Å²) in [6.45, 7) is 5.72. The molecular formula is C28H32N8O2. The summed E-state index contributed by atoms with van der Waals surface area (Å²) in [4.78, 5) is 39.5. The summed E-state index contributed by atoms with van der Waals surface area (Å²) < 4.78 is 0. The summed E-state index contributed by atoms with van der Waals surface area (Å²) >= 11 is 0. The molecule has 2 aliphatic heterocycles. The lowest BCUT2D eigenvalue weighted by Gasteiger charge is -2.36. The molecule has 2 aromatic carbocycles. The van der Waals surface area contributed by atoms with Gasteiger partial charge in [-0.3, -0.25) is 14.6 Å². The highest BCUT2D eigenvalue weighted by Gasteiger charge is 2.42. The Balaban J connectivity index is 1.48. The van der Waals surface area contributed by atoms with Gasteiger partial charge in [-0.25, -0.2) is 4.99 Å². The molecule has 1 unspecified atom stereocenters. The first kappa shape index (κ1) is 25.2. The van der Waals surface area contributed by atoms with E-state index in [0.717, 1.165) is 31.9 Å². The van der Waals surface area contributed by atoms with E-state index in [1.807, 2.05) is 24.3 Å². The first-order chi connectivity index (χ1) is 18.4. The van der Waals surface area contributed by atoms with Gasteiger partial charge >= 0.3 is 0 Å². The number of amidine groups is 1. The summed E-state index contributed by atoms with van der Waals surface area (Å²) in [5.41, 5.74) is 10.3. The fourth-order valence-electron chi connectivity index (χ4n) is 4.63. The lowest BCUT2D eigenvalue weighted by atomic mass is 10.0. The molecule has 5 N–H and O–H groups in total. The number of Topliss-reactive ketones (excluding diaryl/α,β-unsaturated/α-hetero) is 1. The van der Waals surface area contributed by atoms with Crippen molar-refractivity contribution in [1.82, 2.24) is 9.88 Å². The number of likely N-dealkylation sites (N-methyl/N-ethyl adjacent to an activating group) is 1. The van der Waals surface area contributed by atoms with Crippen molar-refractivity contribution < 1.29 is 9.59 Å². The van der Waals surface area contributed by atoms with Crippen molar-refractivity contribution in [2.75, 3.05) is 54.1 Å². The van der Waals surface area contributed by atoms with Gasteiger partial charge in [-0.1, -0.05) is 19.1 Å². The summed E-state index contributed by atoms with van der Waals surface area (Å²) in [5.74, 6) is -1.90. The average Bonchev–Trinajstić information content (AvgIpc) is 2.93. The van der Waals surface area contributed by atoms with Gasteiger partial charge in [0.1, 0.15) is 5.84 Å². The number of nitrogens with zero attached hydrogens (tertiary/aromatic N) is 4. The third-order valence-corrected chi connectivity index (χ3v) is 6.82. The minimum absolute atomic E-state index is 0.138. The van der Waals surface area contributed by atoms with Crippen molar-refractivity contribution in [3.63, 3.8) is 0 Å². The van der Waals surface area contributed by atoms with Crippen LogP contribution in [0.1, 0.15) is 29.3 Å². The quantitative estimate of drug-likeness (QED) is 0.356. The van der Waals surface area contributed by atoms with E-state index in [0.29, 0.717) is 34.6 Å². The molecule has 10 heteroatoms. The Bertz CT molecular complexity index is 1370. The number of carbonyl (C=O) groups excluding carboxylic acids is 2. The lowest BCUT2D eigenvalue weighted by molar-refractivity contribution is -0.115. The second-order valence-corrected chi connectivity index (χ2v) is 9.53. The van der Waals surface area contributed by atoms with Crippen molar-refractivity contribution in [1.29, 1.82) is 0 Å². The highest BCUT2D eigenvalue weighted by Crippen LogP contribution is 2.31. The molecule has 1 aromatic heterocycles. The maximum Gasteiger partial charge on any atom is 0.273 e. The van der Waals surface area contributed by atoms with Gasteiger partial charge in [0.25, 0.3) is 5.79 Å². The molecule has 1 saturated heterocycles. The molecule has 196 valence electrons. The van der Waals surface area contributed by atoms with Gasteiger partial charge < -0.3 is 31.5 Å². The Morgan fingerprint density at radius 2 is 1.82 bits per heavy atom. The van der Waals surface area contributed by atoms with Crippen molar-refractivity contribution in [2.24, 2.45) is 10.7 Å². The number of hydrogen-bond donors (Lipinski definition) is 4. The third kappa shape index (κ3) is 5.16. The van der Waals surface area contributed by atoms with Crippen LogP contribution in [0.25, 0.3) is 0 Å². The maximum atomic E-state index is 14.1. The topological polar surface area (TPSA) is 128 Å². The van der Waals surface area contributed by atoms with Crippen molar-refractivity contribution in [3.05, 3.63) is 78.1 Å². The molecule has 0 saturated carbocycles. The number of hydrogen-bond acceptors (Lipinski definition) is 9. The number of piperazine rings is 1. The van der Waals surface area contributed by atoms with E-state index >= 15 is 0 Å². The number of anilines is 4. The zero-order chi connectivity index (χ0) is 26.7. The van der Waals surface area contributed by atoms with E-state index in [-0.39, 0.29) is 17.5 Å². The first-order valence-corrected chi connectivity index (χ1v) is 12.7. The average molecular weight is 513 g/mol. The number of amides is 1. The SMILES string of the molecule is CCC(=O)Nc1cccc(C(=O)C2(Nc3ccc(N4CCN(C)CC4)cc3)N=C(N)c3ccncc3N2)c1. The molecule has 10 nitrogen and oxygen atoms in total. The van der Waals surface area contributed by atoms with E-state index in [1.54, 1.807) is 49.6 Å².